The third-order valence-corrected chi connectivity index (χ3v) is 3.81. The molecule has 0 aliphatic heterocycles. The molecule has 0 spiro atoms. The third kappa shape index (κ3) is 4.64. The Balaban J connectivity index is 0.00000192. The maximum atomic E-state index is 5.12. The molecule has 3 rings (SSSR count). The van der Waals surface area contributed by atoms with Crippen LogP contribution in [0.25, 0.3) is 11.3 Å². The van der Waals surface area contributed by atoms with Gasteiger partial charge in [0.2, 0.25) is 5.13 Å². The van der Waals surface area contributed by atoms with Crippen molar-refractivity contribution in [3.63, 3.8) is 0 Å². The van der Waals surface area contributed by atoms with E-state index in [9.17, 15) is 0 Å². The molecule has 0 bridgehead atoms. The summed E-state index contributed by atoms with van der Waals surface area (Å²) in [5, 5.41) is 6.99. The van der Waals surface area contributed by atoms with E-state index in [2.05, 4.69) is 15.5 Å². The summed E-state index contributed by atoms with van der Waals surface area (Å²) < 4.78 is 5.12. The molecule has 0 amide bonds. The summed E-state index contributed by atoms with van der Waals surface area (Å²) in [6.45, 7) is 0. The molecular weight excluding hydrogens is 374 g/mol. The molecule has 1 heterocycles. The highest BCUT2D eigenvalue weighted by Gasteiger charge is 2.02. The molecule has 0 fully saturated rings. The number of rotatable bonds is 5. The summed E-state index contributed by atoms with van der Waals surface area (Å²) in [6, 6.07) is 17.8. The van der Waals surface area contributed by atoms with Crippen molar-refractivity contribution >= 4 is 39.7 Å². The number of aromatic nitrogens is 1. The summed E-state index contributed by atoms with van der Waals surface area (Å²) in [4.78, 5) is 4.51. The topological polar surface area (TPSA) is 46.5 Å². The molecular formula is C17H16BrN3OS. The second-order valence-corrected chi connectivity index (χ2v) is 5.41. The van der Waals surface area contributed by atoms with Gasteiger partial charge in [0, 0.05) is 10.9 Å². The smallest absolute Gasteiger partial charge is 0.203 e. The zero-order chi connectivity index (χ0) is 15.2. The molecule has 3 aromatic rings. The van der Waals surface area contributed by atoms with Crippen molar-refractivity contribution in [1.29, 1.82) is 0 Å². The highest BCUT2D eigenvalue weighted by Crippen LogP contribution is 2.24. The lowest BCUT2D eigenvalue weighted by molar-refractivity contribution is 0.415. The van der Waals surface area contributed by atoms with Crippen LogP contribution in [0.1, 0.15) is 5.56 Å². The van der Waals surface area contributed by atoms with E-state index in [1.807, 2.05) is 60.0 Å². The molecule has 4 nitrogen and oxygen atoms in total. The Morgan fingerprint density at radius 1 is 1.09 bits per heavy atom. The van der Waals surface area contributed by atoms with Crippen LogP contribution in [0.15, 0.2) is 65.1 Å². The van der Waals surface area contributed by atoms with Crippen molar-refractivity contribution in [2.24, 2.45) is 5.10 Å². The Bertz CT molecular complexity index is 757. The average Bonchev–Trinajstić information content (AvgIpc) is 3.05. The molecule has 0 aliphatic rings. The predicted octanol–water partition coefficient (Wildman–Crippen LogP) is 4.84. The van der Waals surface area contributed by atoms with E-state index >= 15 is 0 Å². The van der Waals surface area contributed by atoms with Crippen molar-refractivity contribution in [3.05, 3.63) is 65.5 Å². The number of thiazole rings is 1. The van der Waals surface area contributed by atoms with Crippen molar-refractivity contribution in [2.75, 3.05) is 12.5 Å². The van der Waals surface area contributed by atoms with Gasteiger partial charge in [0.05, 0.1) is 19.0 Å². The molecule has 118 valence electrons. The van der Waals surface area contributed by atoms with Crippen LogP contribution in [0, 0.1) is 0 Å². The highest BCUT2D eigenvalue weighted by atomic mass is 79.9. The molecule has 1 N–H and O–H groups in total. The van der Waals surface area contributed by atoms with E-state index in [1.165, 1.54) is 11.3 Å². The zero-order valence-electron chi connectivity index (χ0n) is 12.5. The molecule has 1 aromatic heterocycles. The first kappa shape index (κ1) is 17.2. The van der Waals surface area contributed by atoms with Gasteiger partial charge in [-0.05, 0) is 29.8 Å². The van der Waals surface area contributed by atoms with Gasteiger partial charge in [-0.2, -0.15) is 5.10 Å². The van der Waals surface area contributed by atoms with Crippen LogP contribution in [-0.4, -0.2) is 18.3 Å². The van der Waals surface area contributed by atoms with Crippen molar-refractivity contribution in [3.8, 4) is 17.0 Å². The van der Waals surface area contributed by atoms with Gasteiger partial charge in [-0.15, -0.1) is 28.3 Å². The molecule has 0 saturated heterocycles. The van der Waals surface area contributed by atoms with Gasteiger partial charge in [0.25, 0.3) is 0 Å². The first-order valence-electron chi connectivity index (χ1n) is 6.79. The van der Waals surface area contributed by atoms with E-state index in [-0.39, 0.29) is 17.0 Å². The Kier molecular flexibility index (Phi) is 6.31. The highest BCUT2D eigenvalue weighted by molar-refractivity contribution is 8.93. The largest absolute Gasteiger partial charge is 0.497 e. The first-order chi connectivity index (χ1) is 10.8. The molecule has 0 aliphatic carbocycles. The minimum absolute atomic E-state index is 0. The Morgan fingerprint density at radius 3 is 2.52 bits per heavy atom. The fraction of sp³-hybridized carbons (Fsp3) is 0.0588. The number of hydrogen-bond acceptors (Lipinski definition) is 5. The van der Waals surface area contributed by atoms with Crippen molar-refractivity contribution in [1.82, 2.24) is 4.98 Å². The van der Waals surface area contributed by atoms with Gasteiger partial charge in [0.1, 0.15) is 5.75 Å². The summed E-state index contributed by atoms with van der Waals surface area (Å²) in [5.41, 5.74) is 6.01. The van der Waals surface area contributed by atoms with Crippen molar-refractivity contribution < 1.29 is 4.74 Å². The van der Waals surface area contributed by atoms with Gasteiger partial charge in [-0.1, -0.05) is 30.3 Å². The average molecular weight is 390 g/mol. The summed E-state index contributed by atoms with van der Waals surface area (Å²) in [5.74, 6) is 0.831. The minimum atomic E-state index is 0. The molecule has 0 saturated carbocycles. The summed E-state index contributed by atoms with van der Waals surface area (Å²) in [6.07, 6.45) is 1.75. The summed E-state index contributed by atoms with van der Waals surface area (Å²) in [7, 11) is 1.65. The third-order valence-electron chi connectivity index (χ3n) is 3.06. The molecule has 2 aromatic carbocycles. The van der Waals surface area contributed by atoms with E-state index in [1.54, 1.807) is 13.3 Å². The molecule has 0 atom stereocenters. The fourth-order valence-corrected chi connectivity index (χ4v) is 2.59. The number of hydrogen-bond donors (Lipinski definition) is 1. The predicted molar refractivity (Wildman–Crippen MR) is 102 cm³/mol. The number of ether oxygens (including phenoxy) is 1. The van der Waals surface area contributed by atoms with Crippen LogP contribution in [-0.2, 0) is 0 Å². The molecule has 0 radical (unpaired) electrons. The Labute approximate surface area is 149 Å². The van der Waals surface area contributed by atoms with Gasteiger partial charge in [0.15, 0.2) is 0 Å². The lowest BCUT2D eigenvalue weighted by Gasteiger charge is -1.99. The van der Waals surface area contributed by atoms with Crippen LogP contribution in [0.5, 0.6) is 5.75 Å². The maximum Gasteiger partial charge on any atom is 0.203 e. The minimum Gasteiger partial charge on any atom is -0.497 e. The van der Waals surface area contributed by atoms with Crippen LogP contribution in [0.4, 0.5) is 5.13 Å². The van der Waals surface area contributed by atoms with Crippen molar-refractivity contribution in [2.45, 2.75) is 0 Å². The van der Waals surface area contributed by atoms with E-state index in [4.69, 9.17) is 4.74 Å². The molecule has 23 heavy (non-hydrogen) atoms. The lowest BCUT2D eigenvalue weighted by Crippen LogP contribution is -1.90. The zero-order valence-corrected chi connectivity index (χ0v) is 15.0. The first-order valence-corrected chi connectivity index (χ1v) is 7.67. The molecule has 6 heteroatoms. The van der Waals surface area contributed by atoms with Gasteiger partial charge in [-0.25, -0.2) is 4.98 Å². The van der Waals surface area contributed by atoms with Gasteiger partial charge in [-0.3, -0.25) is 5.43 Å². The molecule has 0 unspecified atom stereocenters. The van der Waals surface area contributed by atoms with Gasteiger partial charge >= 0.3 is 0 Å². The summed E-state index contributed by atoms with van der Waals surface area (Å²) >= 11 is 1.53. The number of anilines is 1. The SMILES string of the molecule is Br.COc1ccc(C=NNc2nc(-c3ccccc3)cs2)cc1. The number of nitrogens with zero attached hydrogens (tertiary/aromatic N) is 2. The number of benzene rings is 2. The van der Waals surface area contributed by atoms with Crippen LogP contribution in [0.2, 0.25) is 0 Å². The van der Waals surface area contributed by atoms with E-state index < -0.39 is 0 Å². The van der Waals surface area contributed by atoms with Crippen LogP contribution in [0.3, 0.4) is 0 Å². The van der Waals surface area contributed by atoms with E-state index in [0.29, 0.717) is 0 Å². The standard InChI is InChI=1S/C17H15N3OS.BrH/c1-21-15-9-7-13(8-10-15)11-18-20-17-19-16(12-22-17)14-5-3-2-4-6-14;/h2-12H,1H3,(H,19,20);1H. The second kappa shape index (κ2) is 8.45. The fourth-order valence-electron chi connectivity index (χ4n) is 1.92. The quantitative estimate of drug-likeness (QED) is 0.501. The number of methoxy groups -OCH3 is 1. The number of hydrazone groups is 1. The van der Waals surface area contributed by atoms with E-state index in [0.717, 1.165) is 27.7 Å². The monoisotopic (exact) mass is 389 g/mol. The van der Waals surface area contributed by atoms with Crippen LogP contribution < -0.4 is 10.2 Å². The number of nitrogens with one attached hydrogen (secondary N) is 1. The Hall–Kier alpha value is -2.18. The lowest BCUT2D eigenvalue weighted by atomic mass is 10.2. The number of halogens is 1. The Morgan fingerprint density at radius 2 is 1.83 bits per heavy atom. The maximum absolute atomic E-state index is 5.12. The van der Waals surface area contributed by atoms with Crippen LogP contribution >= 0.6 is 28.3 Å². The van der Waals surface area contributed by atoms with Gasteiger partial charge < -0.3 is 4.74 Å². The second-order valence-electron chi connectivity index (χ2n) is 4.55. The normalized spacial score (nSPS) is 10.3.